The summed E-state index contributed by atoms with van der Waals surface area (Å²) in [5, 5.41) is 1.59. The topological polar surface area (TPSA) is 38.7 Å². The van der Waals surface area contributed by atoms with Crippen LogP contribution in [0, 0.1) is 0 Å². The Morgan fingerprint density at radius 3 is 2.61 bits per heavy atom. The molecule has 0 aliphatic carbocycles. The second-order valence-electron chi connectivity index (χ2n) is 5.38. The number of carbonyl (C=O) groups is 1. The highest BCUT2D eigenvalue weighted by Gasteiger charge is 2.22. The first kappa shape index (κ1) is 13.3. The minimum atomic E-state index is -0.0583. The molecular weight excluding hydrogens is 294 g/mol. The van der Waals surface area contributed by atoms with E-state index >= 15 is 0 Å². The van der Waals surface area contributed by atoms with E-state index in [4.69, 9.17) is 4.74 Å². The van der Waals surface area contributed by atoms with Gasteiger partial charge in [0.25, 0.3) is 0 Å². The Morgan fingerprint density at radius 1 is 1.39 bits per heavy atom. The molecule has 1 heterocycles. The van der Waals surface area contributed by atoms with Gasteiger partial charge >= 0.3 is 0 Å². The highest BCUT2D eigenvalue weighted by molar-refractivity contribution is 9.10. The molecule has 1 aliphatic heterocycles. The molecule has 2 rings (SSSR count). The summed E-state index contributed by atoms with van der Waals surface area (Å²) in [6.07, 6.45) is 1.63. The van der Waals surface area contributed by atoms with Gasteiger partial charge in [-0.15, -0.1) is 0 Å². The molecule has 1 aromatic carbocycles. The number of nitrogens with zero attached hydrogens (tertiary/aromatic N) is 1. The van der Waals surface area contributed by atoms with Crippen molar-refractivity contribution in [3.63, 3.8) is 0 Å². The SMILES string of the molecule is COc1c(C(C)(C)C)cc(Br)c2c1=CC(=O)CN=2. The van der Waals surface area contributed by atoms with E-state index in [-0.39, 0.29) is 17.7 Å². The number of rotatable bonds is 1. The standard InChI is InChI=1S/C14H16BrNO2/c1-14(2,3)10-6-11(15)12-9(13(10)18-4)5-8(17)7-16-12/h5-6H,7H2,1-4H3. The van der Waals surface area contributed by atoms with Crippen molar-refractivity contribution >= 4 is 27.8 Å². The first-order valence-corrected chi connectivity index (χ1v) is 6.60. The molecule has 18 heavy (non-hydrogen) atoms. The molecule has 3 nitrogen and oxygen atoms in total. The molecule has 96 valence electrons. The average molecular weight is 310 g/mol. The van der Waals surface area contributed by atoms with Crippen LogP contribution in [-0.2, 0) is 10.2 Å². The first-order chi connectivity index (χ1) is 8.34. The predicted molar refractivity (Wildman–Crippen MR) is 74.5 cm³/mol. The number of fused-ring (bicyclic) bond motifs is 1. The van der Waals surface area contributed by atoms with Crippen molar-refractivity contribution in [2.45, 2.75) is 26.2 Å². The molecule has 1 aromatic rings. The third-order valence-electron chi connectivity index (χ3n) is 2.95. The second kappa shape index (κ2) is 4.50. The van der Waals surface area contributed by atoms with Crippen molar-refractivity contribution in [3.05, 3.63) is 26.7 Å². The maximum atomic E-state index is 11.5. The summed E-state index contributed by atoms with van der Waals surface area (Å²) in [5.41, 5.74) is 1.01. The molecule has 0 N–H and O–H groups in total. The monoisotopic (exact) mass is 309 g/mol. The van der Waals surface area contributed by atoms with Gasteiger partial charge in [0.15, 0.2) is 5.78 Å². The predicted octanol–water partition coefficient (Wildman–Crippen LogP) is 1.74. The van der Waals surface area contributed by atoms with E-state index in [0.29, 0.717) is 0 Å². The van der Waals surface area contributed by atoms with Crippen LogP contribution in [0.1, 0.15) is 26.3 Å². The Kier molecular flexibility index (Phi) is 3.32. The van der Waals surface area contributed by atoms with Crippen molar-refractivity contribution in [1.29, 1.82) is 0 Å². The third-order valence-corrected chi connectivity index (χ3v) is 3.56. The summed E-state index contributed by atoms with van der Waals surface area (Å²) in [7, 11) is 1.63. The molecule has 0 saturated carbocycles. The van der Waals surface area contributed by atoms with Crippen LogP contribution in [0.5, 0.6) is 5.75 Å². The minimum Gasteiger partial charge on any atom is -0.496 e. The minimum absolute atomic E-state index is 0.0127. The highest BCUT2D eigenvalue weighted by Crippen LogP contribution is 2.29. The molecule has 0 unspecified atom stereocenters. The zero-order valence-corrected chi connectivity index (χ0v) is 12.6. The van der Waals surface area contributed by atoms with E-state index in [1.165, 1.54) is 0 Å². The van der Waals surface area contributed by atoms with Crippen LogP contribution < -0.4 is 15.3 Å². The summed E-state index contributed by atoms with van der Waals surface area (Å²) in [6, 6.07) is 2.03. The second-order valence-corrected chi connectivity index (χ2v) is 6.23. The summed E-state index contributed by atoms with van der Waals surface area (Å²) in [5.74, 6) is 0.760. The number of halogens is 1. The van der Waals surface area contributed by atoms with Gasteiger partial charge in [-0.05, 0) is 33.5 Å². The summed E-state index contributed by atoms with van der Waals surface area (Å²) in [4.78, 5) is 15.8. The van der Waals surface area contributed by atoms with Gasteiger partial charge < -0.3 is 4.74 Å². The quantitative estimate of drug-likeness (QED) is 0.792. The van der Waals surface area contributed by atoms with Crippen LogP contribution in [0.25, 0.3) is 6.08 Å². The molecule has 0 atom stereocenters. The molecule has 4 heteroatoms. The van der Waals surface area contributed by atoms with E-state index in [0.717, 1.165) is 26.4 Å². The Bertz CT molecular complexity index is 627. The number of ketones is 1. The van der Waals surface area contributed by atoms with Gasteiger partial charge in [-0.25, -0.2) is 0 Å². The van der Waals surface area contributed by atoms with E-state index in [9.17, 15) is 4.79 Å². The van der Waals surface area contributed by atoms with Gasteiger partial charge in [-0.2, -0.15) is 0 Å². The van der Waals surface area contributed by atoms with Crippen molar-refractivity contribution in [2.75, 3.05) is 13.7 Å². The molecule has 0 fully saturated rings. The van der Waals surface area contributed by atoms with Crippen molar-refractivity contribution in [1.82, 2.24) is 0 Å². The summed E-state index contributed by atoms with van der Waals surface area (Å²) >= 11 is 3.53. The lowest BCUT2D eigenvalue weighted by Gasteiger charge is -2.23. The Balaban J connectivity index is 2.92. The molecule has 0 aromatic heterocycles. The fraction of sp³-hybridized carbons (Fsp3) is 0.429. The number of hydrogen-bond donors (Lipinski definition) is 0. The smallest absolute Gasteiger partial charge is 0.177 e. The zero-order chi connectivity index (χ0) is 13.5. The van der Waals surface area contributed by atoms with Crippen LogP contribution in [0.15, 0.2) is 15.5 Å². The number of ether oxygens (including phenoxy) is 1. The molecule has 0 amide bonds. The summed E-state index contributed by atoms with van der Waals surface area (Å²) in [6.45, 7) is 6.56. The van der Waals surface area contributed by atoms with E-state index in [1.54, 1.807) is 13.2 Å². The van der Waals surface area contributed by atoms with E-state index in [1.807, 2.05) is 6.07 Å². The number of Topliss-reactive ketones (excluding diaryl/α,β-unsaturated/α-hetero) is 1. The Labute approximate surface area is 115 Å². The normalized spacial score (nSPS) is 14.6. The highest BCUT2D eigenvalue weighted by atomic mass is 79.9. The fourth-order valence-corrected chi connectivity index (χ4v) is 2.65. The van der Waals surface area contributed by atoms with Gasteiger partial charge in [0.2, 0.25) is 0 Å². The molecule has 0 radical (unpaired) electrons. The lowest BCUT2D eigenvalue weighted by atomic mass is 9.85. The number of hydrogen-bond acceptors (Lipinski definition) is 3. The third kappa shape index (κ3) is 2.21. The molecule has 0 bridgehead atoms. The van der Waals surface area contributed by atoms with Crippen molar-refractivity contribution < 1.29 is 9.53 Å². The van der Waals surface area contributed by atoms with Gasteiger partial charge in [0.1, 0.15) is 12.3 Å². The van der Waals surface area contributed by atoms with E-state index < -0.39 is 0 Å². The lowest BCUT2D eigenvalue weighted by Crippen LogP contribution is -2.36. The van der Waals surface area contributed by atoms with Crippen molar-refractivity contribution in [3.8, 4) is 5.75 Å². The maximum absolute atomic E-state index is 11.5. The molecule has 0 saturated heterocycles. The fourth-order valence-electron chi connectivity index (χ4n) is 2.08. The van der Waals surface area contributed by atoms with Crippen LogP contribution in [-0.4, -0.2) is 19.4 Å². The molecule has 1 aliphatic rings. The average Bonchev–Trinajstić information content (AvgIpc) is 2.27. The zero-order valence-electron chi connectivity index (χ0n) is 11.0. The van der Waals surface area contributed by atoms with Gasteiger partial charge in [0.05, 0.1) is 12.5 Å². The van der Waals surface area contributed by atoms with Crippen molar-refractivity contribution in [2.24, 2.45) is 4.99 Å². The Hall–Kier alpha value is -1.16. The van der Waals surface area contributed by atoms with Crippen LogP contribution in [0.2, 0.25) is 0 Å². The van der Waals surface area contributed by atoms with E-state index in [2.05, 4.69) is 41.7 Å². The van der Waals surface area contributed by atoms with Gasteiger partial charge in [-0.3, -0.25) is 9.79 Å². The van der Waals surface area contributed by atoms with Crippen LogP contribution in [0.3, 0.4) is 0 Å². The maximum Gasteiger partial charge on any atom is 0.177 e. The first-order valence-electron chi connectivity index (χ1n) is 5.80. The molecule has 0 spiro atoms. The summed E-state index contributed by atoms with van der Waals surface area (Å²) < 4.78 is 6.42. The van der Waals surface area contributed by atoms with Crippen LogP contribution >= 0.6 is 15.9 Å². The van der Waals surface area contributed by atoms with Crippen LogP contribution in [0.4, 0.5) is 0 Å². The lowest BCUT2D eigenvalue weighted by molar-refractivity contribution is -0.112. The van der Waals surface area contributed by atoms with Gasteiger partial charge in [0, 0.05) is 15.3 Å². The molecular formula is C14H16BrNO2. The number of methoxy groups -OCH3 is 1. The Morgan fingerprint density at radius 2 is 2.06 bits per heavy atom. The van der Waals surface area contributed by atoms with Gasteiger partial charge in [-0.1, -0.05) is 20.8 Å². The largest absolute Gasteiger partial charge is 0.496 e. The number of benzene rings is 1. The number of carbonyl (C=O) groups excluding carboxylic acids is 1.